The van der Waals surface area contributed by atoms with Gasteiger partial charge in [0, 0.05) is 6.54 Å². The predicted molar refractivity (Wildman–Crippen MR) is 63.3 cm³/mol. The van der Waals surface area contributed by atoms with E-state index in [0.29, 0.717) is 12.3 Å². The zero-order valence-corrected chi connectivity index (χ0v) is 10.6. The second-order valence-electron chi connectivity index (χ2n) is 5.02. The van der Waals surface area contributed by atoms with Crippen molar-refractivity contribution < 1.29 is 19.8 Å². The molecule has 5 N–H and O–H groups in total. The first kappa shape index (κ1) is 15.9. The number of aliphatic hydroxyl groups is 1. The molecule has 0 heterocycles. The van der Waals surface area contributed by atoms with Crippen molar-refractivity contribution in [3.63, 3.8) is 0 Å². The smallest absolute Gasteiger partial charge is 0.306 e. The number of nitrogens with two attached hydrogens (primary N) is 1. The number of carboxylic acid groups (broad SMARTS) is 1. The van der Waals surface area contributed by atoms with Gasteiger partial charge in [0.2, 0.25) is 5.91 Å². The quantitative estimate of drug-likeness (QED) is 0.492. The molecule has 2 atom stereocenters. The monoisotopic (exact) mass is 246 g/mol. The maximum Gasteiger partial charge on any atom is 0.306 e. The van der Waals surface area contributed by atoms with Gasteiger partial charge in [-0.1, -0.05) is 13.8 Å². The maximum absolute atomic E-state index is 11.5. The first-order chi connectivity index (χ1) is 7.64. The summed E-state index contributed by atoms with van der Waals surface area (Å²) in [4.78, 5) is 22.0. The highest BCUT2D eigenvalue weighted by molar-refractivity contribution is 5.81. The first-order valence-electron chi connectivity index (χ1n) is 5.61. The lowest BCUT2D eigenvalue weighted by atomic mass is 10.0. The molecule has 6 nitrogen and oxygen atoms in total. The van der Waals surface area contributed by atoms with Gasteiger partial charge in [-0.2, -0.15) is 0 Å². The molecule has 0 aliphatic rings. The zero-order chi connectivity index (χ0) is 13.6. The Morgan fingerprint density at radius 2 is 1.94 bits per heavy atom. The van der Waals surface area contributed by atoms with E-state index in [-0.39, 0.29) is 12.5 Å². The summed E-state index contributed by atoms with van der Waals surface area (Å²) < 4.78 is 0. The van der Waals surface area contributed by atoms with Crippen LogP contribution in [-0.4, -0.2) is 40.3 Å². The lowest BCUT2D eigenvalue weighted by Crippen LogP contribution is -2.48. The normalized spacial score (nSPS) is 16.4. The molecular formula is C11H22N2O4. The minimum Gasteiger partial charge on any atom is -0.481 e. The number of carboxylic acids is 1. The molecule has 100 valence electrons. The van der Waals surface area contributed by atoms with E-state index in [4.69, 9.17) is 10.8 Å². The van der Waals surface area contributed by atoms with Crippen molar-refractivity contribution in [2.45, 2.75) is 45.3 Å². The number of aliphatic carboxylic acids is 1. The van der Waals surface area contributed by atoms with E-state index >= 15 is 0 Å². The van der Waals surface area contributed by atoms with E-state index in [1.165, 1.54) is 6.92 Å². The van der Waals surface area contributed by atoms with Crippen LogP contribution in [0, 0.1) is 5.92 Å². The van der Waals surface area contributed by atoms with Crippen molar-refractivity contribution in [3.05, 3.63) is 0 Å². The highest BCUT2D eigenvalue weighted by Gasteiger charge is 2.26. The van der Waals surface area contributed by atoms with Gasteiger partial charge in [-0.3, -0.25) is 9.59 Å². The fourth-order valence-corrected chi connectivity index (χ4v) is 1.41. The van der Waals surface area contributed by atoms with E-state index in [9.17, 15) is 14.7 Å². The van der Waals surface area contributed by atoms with Crippen LogP contribution in [-0.2, 0) is 9.59 Å². The van der Waals surface area contributed by atoms with E-state index < -0.39 is 24.0 Å². The summed E-state index contributed by atoms with van der Waals surface area (Å²) in [5.74, 6) is -1.18. The Morgan fingerprint density at radius 3 is 2.35 bits per heavy atom. The third-order valence-electron chi connectivity index (χ3n) is 2.24. The number of hydrogen-bond acceptors (Lipinski definition) is 4. The minimum atomic E-state index is -1.46. The second kappa shape index (κ2) is 6.56. The lowest BCUT2D eigenvalue weighted by Gasteiger charge is -2.23. The third-order valence-corrected chi connectivity index (χ3v) is 2.24. The number of carbonyl (C=O) groups is 2. The van der Waals surface area contributed by atoms with Gasteiger partial charge in [0.25, 0.3) is 0 Å². The maximum atomic E-state index is 11.5. The van der Waals surface area contributed by atoms with Crippen LogP contribution >= 0.6 is 0 Å². The van der Waals surface area contributed by atoms with Gasteiger partial charge in [-0.05, 0) is 19.3 Å². The molecule has 0 rings (SSSR count). The Labute approximate surface area is 101 Å². The van der Waals surface area contributed by atoms with Crippen LogP contribution in [0.4, 0.5) is 0 Å². The molecule has 0 bridgehead atoms. The lowest BCUT2D eigenvalue weighted by molar-refractivity contribution is -0.142. The molecule has 0 aromatic heterocycles. The summed E-state index contributed by atoms with van der Waals surface area (Å²) in [5, 5.41) is 20.7. The molecule has 0 fully saturated rings. The summed E-state index contributed by atoms with van der Waals surface area (Å²) in [7, 11) is 0. The van der Waals surface area contributed by atoms with Gasteiger partial charge < -0.3 is 21.3 Å². The van der Waals surface area contributed by atoms with Crippen molar-refractivity contribution in [2.24, 2.45) is 11.7 Å². The Balaban J connectivity index is 4.10. The molecule has 0 spiro atoms. The Hall–Kier alpha value is -1.14. The minimum absolute atomic E-state index is 0.121. The first-order valence-corrected chi connectivity index (χ1v) is 5.61. The Bertz CT molecular complexity index is 277. The number of amides is 1. The summed E-state index contributed by atoms with van der Waals surface area (Å²) in [6.07, 6.45) is 0.125. The average Bonchev–Trinajstić information content (AvgIpc) is 2.11. The van der Waals surface area contributed by atoms with E-state index in [2.05, 4.69) is 5.32 Å². The molecule has 1 unspecified atom stereocenters. The van der Waals surface area contributed by atoms with Crippen LogP contribution in [0.5, 0.6) is 0 Å². The SMILES string of the molecule is CC(C)C[C@H](N)C(=O)NCC(C)(O)CC(=O)O. The molecule has 0 aromatic carbocycles. The Kier molecular flexibility index (Phi) is 6.12. The molecule has 0 radical (unpaired) electrons. The van der Waals surface area contributed by atoms with Gasteiger partial charge in [-0.15, -0.1) is 0 Å². The summed E-state index contributed by atoms with van der Waals surface area (Å²) in [6.45, 7) is 5.14. The van der Waals surface area contributed by atoms with Crippen molar-refractivity contribution in [1.29, 1.82) is 0 Å². The van der Waals surface area contributed by atoms with Gasteiger partial charge >= 0.3 is 5.97 Å². The molecular weight excluding hydrogens is 224 g/mol. The highest BCUT2D eigenvalue weighted by Crippen LogP contribution is 2.08. The molecule has 17 heavy (non-hydrogen) atoms. The summed E-state index contributed by atoms with van der Waals surface area (Å²) in [5.41, 5.74) is 4.18. The Morgan fingerprint density at radius 1 is 1.41 bits per heavy atom. The summed E-state index contributed by atoms with van der Waals surface area (Å²) >= 11 is 0. The van der Waals surface area contributed by atoms with Crippen molar-refractivity contribution >= 4 is 11.9 Å². The van der Waals surface area contributed by atoms with Crippen LogP contribution in [0.2, 0.25) is 0 Å². The molecule has 0 saturated carbocycles. The third kappa shape index (κ3) is 7.70. The molecule has 0 saturated heterocycles. The topological polar surface area (TPSA) is 113 Å². The predicted octanol–water partition coefficient (Wildman–Crippen LogP) is -0.298. The molecule has 0 aromatic rings. The van der Waals surface area contributed by atoms with Crippen LogP contribution in [0.15, 0.2) is 0 Å². The molecule has 1 amide bonds. The number of carbonyl (C=O) groups excluding carboxylic acids is 1. The van der Waals surface area contributed by atoms with Crippen LogP contribution in [0.1, 0.15) is 33.6 Å². The van der Waals surface area contributed by atoms with Crippen LogP contribution in [0.25, 0.3) is 0 Å². The summed E-state index contributed by atoms with van der Waals surface area (Å²) in [6, 6.07) is -0.629. The standard InChI is InChI=1S/C11H22N2O4/c1-7(2)4-8(12)10(16)13-6-11(3,17)5-9(14)15/h7-8,17H,4-6,12H2,1-3H3,(H,13,16)(H,14,15)/t8-,11?/m0/s1. The highest BCUT2D eigenvalue weighted by atomic mass is 16.4. The zero-order valence-electron chi connectivity index (χ0n) is 10.6. The molecule has 0 aliphatic carbocycles. The number of nitrogens with one attached hydrogen (secondary N) is 1. The largest absolute Gasteiger partial charge is 0.481 e. The molecule has 6 heteroatoms. The van der Waals surface area contributed by atoms with Crippen molar-refractivity contribution in [3.8, 4) is 0 Å². The van der Waals surface area contributed by atoms with E-state index in [0.717, 1.165) is 0 Å². The van der Waals surface area contributed by atoms with Crippen molar-refractivity contribution in [2.75, 3.05) is 6.54 Å². The van der Waals surface area contributed by atoms with Gasteiger partial charge in [0.1, 0.15) is 0 Å². The van der Waals surface area contributed by atoms with E-state index in [1.54, 1.807) is 0 Å². The fourth-order valence-electron chi connectivity index (χ4n) is 1.41. The van der Waals surface area contributed by atoms with Gasteiger partial charge in [-0.25, -0.2) is 0 Å². The van der Waals surface area contributed by atoms with Gasteiger partial charge in [0.15, 0.2) is 0 Å². The average molecular weight is 246 g/mol. The van der Waals surface area contributed by atoms with Crippen molar-refractivity contribution in [1.82, 2.24) is 5.32 Å². The number of rotatable bonds is 7. The molecule has 0 aliphatic heterocycles. The second-order valence-corrected chi connectivity index (χ2v) is 5.02. The number of hydrogen-bond donors (Lipinski definition) is 4. The van der Waals surface area contributed by atoms with E-state index in [1.807, 2.05) is 13.8 Å². The fraction of sp³-hybridized carbons (Fsp3) is 0.818. The van der Waals surface area contributed by atoms with Crippen LogP contribution < -0.4 is 11.1 Å². The van der Waals surface area contributed by atoms with Gasteiger partial charge in [0.05, 0.1) is 18.1 Å². The van der Waals surface area contributed by atoms with Crippen LogP contribution in [0.3, 0.4) is 0 Å².